The van der Waals surface area contributed by atoms with Gasteiger partial charge in [-0.2, -0.15) is 15.1 Å². The Kier molecular flexibility index (Phi) is 14.9. The van der Waals surface area contributed by atoms with Gasteiger partial charge in [-0.05, 0) is 50.4 Å². The van der Waals surface area contributed by atoms with Crippen LogP contribution in [0.25, 0.3) is 11.2 Å². The second-order valence-electron chi connectivity index (χ2n) is 11.4. The van der Waals surface area contributed by atoms with Crippen molar-refractivity contribution in [3.05, 3.63) is 41.9 Å². The molecular weight excluding hydrogens is 709 g/mol. The Morgan fingerprint density at radius 3 is 2.37 bits per heavy atom. The van der Waals surface area contributed by atoms with E-state index in [0.717, 1.165) is 16.8 Å². The number of carbonyl (C=O) groups is 1. The number of anilines is 1. The number of nitrogen functional groups attached to an aromatic ring is 1. The molecule has 0 aliphatic carbocycles. The largest absolute Gasteiger partial charge is 0.756 e. The van der Waals surface area contributed by atoms with Gasteiger partial charge in [0.1, 0.15) is 29.5 Å². The van der Waals surface area contributed by atoms with E-state index in [1.54, 1.807) is 19.9 Å². The predicted molar refractivity (Wildman–Crippen MR) is 177 cm³/mol. The number of esters is 1. The maximum atomic E-state index is 15.1. The van der Waals surface area contributed by atoms with Crippen molar-refractivity contribution in [1.29, 1.82) is 0 Å². The molecule has 274 valence electrons. The van der Waals surface area contributed by atoms with E-state index in [1.165, 1.54) is 50.5 Å². The summed E-state index contributed by atoms with van der Waals surface area (Å²) in [6.45, 7) is 10.2. The van der Waals surface area contributed by atoms with Crippen molar-refractivity contribution >= 4 is 50.1 Å². The van der Waals surface area contributed by atoms with Gasteiger partial charge in [0.25, 0.3) is 7.82 Å². The first-order valence-electron chi connectivity index (χ1n) is 15.7. The molecule has 0 radical (unpaired) electrons. The van der Waals surface area contributed by atoms with Gasteiger partial charge in [0.05, 0.1) is 19.0 Å². The average Bonchev–Trinajstić information content (AvgIpc) is 3.57. The molecule has 0 spiro atoms. The highest BCUT2D eigenvalue weighted by atomic mass is 35.5. The summed E-state index contributed by atoms with van der Waals surface area (Å²) in [5, 5.41) is 12.4. The lowest BCUT2D eigenvalue weighted by molar-refractivity contribution is -0.220. The molecule has 1 aliphatic heterocycles. The number of aliphatic hydroxyl groups is 1. The third-order valence-corrected chi connectivity index (χ3v) is 10.8. The smallest absolute Gasteiger partial charge is 0.465 e. The third-order valence-electron chi connectivity index (χ3n) is 7.35. The van der Waals surface area contributed by atoms with Gasteiger partial charge in [0.2, 0.25) is 5.28 Å². The summed E-state index contributed by atoms with van der Waals surface area (Å²) in [6, 6.07) is 6.04. The molecule has 3 aromatic rings. The Bertz CT molecular complexity index is 1610. The zero-order chi connectivity index (χ0) is 36.5. The number of nitrogens with one attached hydrogen (secondary N) is 1. The van der Waals surface area contributed by atoms with Crippen molar-refractivity contribution in [2.24, 2.45) is 5.92 Å². The normalized spacial score (nSPS) is 22.3. The molecule has 3 heterocycles. The van der Waals surface area contributed by atoms with Gasteiger partial charge in [-0.3, -0.25) is 13.9 Å². The average molecular weight is 752 g/mol. The van der Waals surface area contributed by atoms with Gasteiger partial charge in [0, 0.05) is 0 Å². The number of benzene rings is 1. The fourth-order valence-electron chi connectivity index (χ4n) is 4.66. The lowest BCUT2D eigenvalue weighted by atomic mass is 10.0. The van der Waals surface area contributed by atoms with Crippen molar-refractivity contribution in [2.75, 3.05) is 12.3 Å². The summed E-state index contributed by atoms with van der Waals surface area (Å²) in [6.07, 6.45) is -2.38. The number of aromatic nitrogens is 4. The van der Waals surface area contributed by atoms with Crippen LogP contribution in [0.1, 0.15) is 67.0 Å². The molecule has 0 amide bonds. The Hall–Kier alpha value is -2.72. The summed E-state index contributed by atoms with van der Waals surface area (Å²) in [5.41, 5.74) is 5.86. The van der Waals surface area contributed by atoms with Gasteiger partial charge in [-0.15, -0.1) is 0 Å². The minimum Gasteiger partial charge on any atom is -0.756 e. The van der Waals surface area contributed by atoms with E-state index >= 15 is 4.39 Å². The SMILES string of the molecule is CC(C)OC(=O)[C@H](C)NP(=O)(Oc1ccccc1)OP(=O)([O-])OC[C@H]1O[C@@H](n2cnc3c(N)nc(Cl)nc32)[C@H](F)C1O.CCC(CC)CC. The Balaban J connectivity index is 0.000000838. The molecule has 4 rings (SSSR count). The molecular formula is C29H43ClFN6O10P2-. The topological polar surface area (TPSA) is 222 Å². The van der Waals surface area contributed by atoms with Crippen LogP contribution in [0.4, 0.5) is 10.2 Å². The molecule has 7 atom stereocenters. The van der Waals surface area contributed by atoms with Crippen LogP contribution < -0.4 is 20.2 Å². The number of carbonyl (C=O) groups excluding carboxylic acids is 1. The van der Waals surface area contributed by atoms with E-state index < -0.39 is 64.9 Å². The van der Waals surface area contributed by atoms with Crippen LogP contribution in [0.15, 0.2) is 36.7 Å². The number of imidazole rings is 1. The number of ether oxygens (including phenoxy) is 2. The molecule has 1 aromatic carbocycles. The first-order chi connectivity index (χ1) is 23.0. The highest BCUT2D eigenvalue weighted by Crippen LogP contribution is 2.58. The number of para-hydroxylation sites is 1. The number of rotatable bonds is 15. The van der Waals surface area contributed by atoms with Gasteiger partial charge < -0.3 is 34.3 Å². The minimum atomic E-state index is -5.54. The van der Waals surface area contributed by atoms with E-state index in [1.807, 2.05) is 0 Å². The summed E-state index contributed by atoms with van der Waals surface area (Å²) < 4.78 is 67.8. The second kappa shape index (κ2) is 18.0. The molecule has 2 aromatic heterocycles. The molecule has 49 heavy (non-hydrogen) atoms. The second-order valence-corrected chi connectivity index (χ2v) is 14.9. The molecule has 3 unspecified atom stereocenters. The van der Waals surface area contributed by atoms with E-state index in [-0.39, 0.29) is 28.0 Å². The zero-order valence-electron chi connectivity index (χ0n) is 28.0. The maximum Gasteiger partial charge on any atom is 0.465 e. The zero-order valence-corrected chi connectivity index (χ0v) is 30.5. The number of nitrogens with zero attached hydrogens (tertiary/aromatic N) is 4. The fraction of sp³-hybridized carbons (Fsp3) is 0.586. The molecule has 20 heteroatoms. The molecule has 1 aliphatic rings. The number of fused-ring (bicyclic) bond motifs is 1. The lowest BCUT2D eigenvalue weighted by Gasteiger charge is -2.30. The monoisotopic (exact) mass is 751 g/mol. The van der Waals surface area contributed by atoms with Gasteiger partial charge in [-0.1, -0.05) is 58.2 Å². The number of phosphoric acid groups is 1. The molecule has 1 fully saturated rings. The van der Waals surface area contributed by atoms with E-state index in [4.69, 9.17) is 40.2 Å². The van der Waals surface area contributed by atoms with E-state index in [9.17, 15) is 23.9 Å². The number of hydrogen-bond donors (Lipinski definition) is 3. The number of nitrogens with two attached hydrogens (primary N) is 1. The fourth-order valence-corrected chi connectivity index (χ4v) is 7.76. The first-order valence-corrected chi connectivity index (χ1v) is 19.0. The lowest BCUT2D eigenvalue weighted by Crippen LogP contribution is -2.36. The van der Waals surface area contributed by atoms with Crippen molar-refractivity contribution in [3.8, 4) is 5.75 Å². The predicted octanol–water partition coefficient (Wildman–Crippen LogP) is 5.11. The maximum absolute atomic E-state index is 15.1. The van der Waals surface area contributed by atoms with E-state index in [0.29, 0.717) is 0 Å². The van der Waals surface area contributed by atoms with Crippen molar-refractivity contribution in [3.63, 3.8) is 0 Å². The summed E-state index contributed by atoms with van der Waals surface area (Å²) >= 11 is 5.84. The van der Waals surface area contributed by atoms with Crippen molar-refractivity contribution in [1.82, 2.24) is 24.6 Å². The van der Waals surface area contributed by atoms with Crippen molar-refractivity contribution < 1.29 is 51.1 Å². The number of halogens is 2. The summed E-state index contributed by atoms with van der Waals surface area (Å²) in [7, 11) is -10.4. The number of alkyl halides is 1. The molecule has 0 saturated carbocycles. The first kappa shape index (κ1) is 40.7. The van der Waals surface area contributed by atoms with Crippen LogP contribution in [0, 0.1) is 5.92 Å². The van der Waals surface area contributed by atoms with Gasteiger partial charge in [0.15, 0.2) is 23.9 Å². The van der Waals surface area contributed by atoms with Crippen LogP contribution in [-0.4, -0.2) is 67.7 Å². The number of hydrogen-bond acceptors (Lipinski definition) is 14. The molecule has 4 N–H and O–H groups in total. The van der Waals surface area contributed by atoms with Crippen LogP contribution in [-0.2, 0) is 32.2 Å². The standard InChI is InChI=1S/C22H28ClFN6O10P2.C7H16/c1-11(2)37-21(32)12(3)29-41(33,39-13-7-5-4-6-8-13)40-42(34,35)36-9-14-17(31)15(24)20(38-14)30-10-26-16-18(25)27-22(23)28-19(16)30;1-4-7(5-2)6-3/h4-8,10-12,14-15,17,20,31H,9H2,1-3H3,(H,29,33)(H,34,35)(H2,25,27,28);7H,4-6H2,1-3H3/p-1/t12-,14+,15+,17?,20+,41?;/m0./s1. The van der Waals surface area contributed by atoms with Crippen LogP contribution in [0.3, 0.4) is 0 Å². The quantitative estimate of drug-likeness (QED) is 0.104. The Morgan fingerprint density at radius 2 is 1.80 bits per heavy atom. The van der Waals surface area contributed by atoms with Crippen LogP contribution in [0.2, 0.25) is 5.28 Å². The highest BCUT2D eigenvalue weighted by molar-refractivity contribution is 7.63. The molecule has 0 bridgehead atoms. The summed E-state index contributed by atoms with van der Waals surface area (Å²) in [4.78, 5) is 36.7. The van der Waals surface area contributed by atoms with Crippen molar-refractivity contribution in [2.45, 2.75) is 97.6 Å². The number of aliphatic hydroxyl groups excluding tert-OH is 1. The number of phosphoric ester groups is 1. The van der Waals surface area contributed by atoms with E-state index in [2.05, 4.69) is 40.8 Å². The minimum absolute atomic E-state index is 0.00179. The highest BCUT2D eigenvalue weighted by Gasteiger charge is 2.47. The third kappa shape index (κ3) is 11.4. The molecule has 1 saturated heterocycles. The Morgan fingerprint density at radius 1 is 1.16 bits per heavy atom. The van der Waals surface area contributed by atoms with Gasteiger partial charge >= 0.3 is 13.7 Å². The summed E-state index contributed by atoms with van der Waals surface area (Å²) in [5.74, 6) is -0.0212. The van der Waals surface area contributed by atoms with Gasteiger partial charge in [-0.25, -0.2) is 18.3 Å². The van der Waals surface area contributed by atoms with Crippen LogP contribution in [0.5, 0.6) is 5.75 Å². The Labute approximate surface area is 289 Å². The van der Waals surface area contributed by atoms with Crippen LogP contribution >= 0.6 is 27.2 Å². The molecule has 16 nitrogen and oxygen atoms in total.